The van der Waals surface area contributed by atoms with Crippen LogP contribution in [0.25, 0.3) is 0 Å². The van der Waals surface area contributed by atoms with Crippen molar-refractivity contribution < 1.29 is 14.3 Å². The molecular formula is C29H37FN6O2. The number of nitrogen functional groups attached to an aromatic ring is 1. The lowest BCUT2D eigenvalue weighted by atomic mass is 9.84. The van der Waals surface area contributed by atoms with Crippen LogP contribution in [0.2, 0.25) is 0 Å². The van der Waals surface area contributed by atoms with Crippen LogP contribution in [0.3, 0.4) is 0 Å². The maximum atomic E-state index is 12.9. The van der Waals surface area contributed by atoms with Crippen LogP contribution in [0.5, 0.6) is 0 Å². The van der Waals surface area contributed by atoms with E-state index >= 15 is 0 Å². The van der Waals surface area contributed by atoms with Crippen LogP contribution < -0.4 is 16.6 Å². The Bertz CT molecular complexity index is 1330. The highest BCUT2D eigenvalue weighted by molar-refractivity contribution is 5.75. The number of hydrazine groups is 1. The average molecular weight is 521 g/mol. The Morgan fingerprint density at radius 3 is 2.68 bits per heavy atom. The van der Waals surface area contributed by atoms with Crippen LogP contribution in [0.1, 0.15) is 77.0 Å². The Balaban J connectivity index is 1.65. The zero-order valence-corrected chi connectivity index (χ0v) is 22.8. The number of halogens is 1. The van der Waals surface area contributed by atoms with Crippen LogP contribution in [0.15, 0.2) is 36.5 Å². The highest BCUT2D eigenvalue weighted by atomic mass is 19.3. The number of rotatable bonds is 8. The summed E-state index contributed by atoms with van der Waals surface area (Å²) in [5, 5.41) is 1.45. The number of nitrogens with zero attached hydrogens (tertiary/aromatic N) is 4. The van der Waals surface area contributed by atoms with Crippen LogP contribution in [0, 0.1) is 13.8 Å². The Labute approximate surface area is 223 Å². The number of carbonyl (C=O) groups is 1. The molecule has 8 nitrogen and oxygen atoms in total. The second-order valence-electron chi connectivity index (χ2n) is 10.5. The molecule has 0 radical (unpaired) electrons. The maximum absolute atomic E-state index is 12.9. The summed E-state index contributed by atoms with van der Waals surface area (Å²) in [4.78, 5) is 27.4. The monoisotopic (exact) mass is 520 g/mol. The van der Waals surface area contributed by atoms with Gasteiger partial charge in [0.15, 0.2) is 0 Å². The topological polar surface area (TPSA) is 111 Å². The third-order valence-electron chi connectivity index (χ3n) is 7.48. The fourth-order valence-electron chi connectivity index (χ4n) is 5.13. The van der Waals surface area contributed by atoms with Crippen molar-refractivity contribution in [3.8, 4) is 0 Å². The SMILES string of the molecule is Cc1ccc(C(CC(=O)OF)c2ccc(N(C)N)c(N)c2C)cc1CN1CCc2cnc(C(C)C)nc2C1. The molecule has 1 aliphatic heterocycles. The third kappa shape index (κ3) is 5.79. The Hall–Kier alpha value is -3.56. The molecule has 2 aromatic carbocycles. The minimum absolute atomic E-state index is 0.150. The number of aromatic nitrogens is 2. The first kappa shape index (κ1) is 27.5. The summed E-state index contributed by atoms with van der Waals surface area (Å²) in [5.41, 5.74) is 14.7. The molecule has 3 aromatic rings. The zero-order chi connectivity index (χ0) is 27.6. The lowest BCUT2D eigenvalue weighted by Gasteiger charge is -2.29. The Kier molecular flexibility index (Phi) is 8.28. The number of carbonyl (C=O) groups excluding carboxylic acids is 1. The van der Waals surface area contributed by atoms with Crippen molar-refractivity contribution in [2.45, 2.75) is 65.5 Å². The van der Waals surface area contributed by atoms with Gasteiger partial charge in [-0.25, -0.2) is 20.6 Å². The summed E-state index contributed by atoms with van der Waals surface area (Å²) in [5.74, 6) is 5.71. The van der Waals surface area contributed by atoms with Crippen molar-refractivity contribution in [1.82, 2.24) is 14.9 Å². The smallest absolute Gasteiger partial charge is 0.349 e. The van der Waals surface area contributed by atoms with Gasteiger partial charge in [0.05, 0.1) is 23.5 Å². The van der Waals surface area contributed by atoms with E-state index in [2.05, 4.69) is 47.7 Å². The van der Waals surface area contributed by atoms with Gasteiger partial charge in [-0.15, -0.1) is 0 Å². The minimum Gasteiger partial charge on any atom is -0.397 e. The molecule has 2 heterocycles. The van der Waals surface area contributed by atoms with Crippen molar-refractivity contribution in [2.24, 2.45) is 5.84 Å². The van der Waals surface area contributed by atoms with Crippen LogP contribution >= 0.6 is 0 Å². The van der Waals surface area contributed by atoms with E-state index in [-0.39, 0.29) is 12.3 Å². The summed E-state index contributed by atoms with van der Waals surface area (Å²) in [6, 6.07) is 9.86. The molecule has 0 saturated carbocycles. The van der Waals surface area contributed by atoms with Gasteiger partial charge < -0.3 is 10.7 Å². The molecule has 0 amide bonds. The molecule has 202 valence electrons. The summed E-state index contributed by atoms with van der Waals surface area (Å²) < 4.78 is 12.9. The van der Waals surface area contributed by atoms with Gasteiger partial charge in [0.1, 0.15) is 5.82 Å². The zero-order valence-electron chi connectivity index (χ0n) is 22.8. The summed E-state index contributed by atoms with van der Waals surface area (Å²) in [7, 11) is 1.71. The van der Waals surface area contributed by atoms with Gasteiger partial charge in [0.25, 0.3) is 0 Å². The van der Waals surface area contributed by atoms with Crippen LogP contribution in [0.4, 0.5) is 15.9 Å². The van der Waals surface area contributed by atoms with Crippen LogP contribution in [-0.2, 0) is 29.2 Å². The van der Waals surface area contributed by atoms with E-state index < -0.39 is 11.9 Å². The van der Waals surface area contributed by atoms with Crippen LogP contribution in [-0.4, -0.2) is 34.4 Å². The lowest BCUT2D eigenvalue weighted by molar-refractivity contribution is -0.183. The molecule has 4 rings (SSSR count). The maximum Gasteiger partial charge on any atom is 0.349 e. The van der Waals surface area contributed by atoms with Gasteiger partial charge >= 0.3 is 5.97 Å². The number of hydrogen-bond acceptors (Lipinski definition) is 8. The molecule has 38 heavy (non-hydrogen) atoms. The van der Waals surface area contributed by atoms with Gasteiger partial charge in [-0.05, 0) is 59.7 Å². The quantitative estimate of drug-likeness (QED) is 0.252. The Morgan fingerprint density at radius 1 is 1.24 bits per heavy atom. The minimum atomic E-state index is -0.927. The number of hydrogen-bond donors (Lipinski definition) is 2. The predicted octanol–water partition coefficient (Wildman–Crippen LogP) is 4.62. The molecular weight excluding hydrogens is 483 g/mol. The van der Waals surface area contributed by atoms with Crippen molar-refractivity contribution in [2.75, 3.05) is 24.3 Å². The number of nitrogens with two attached hydrogens (primary N) is 2. The second-order valence-corrected chi connectivity index (χ2v) is 10.5. The molecule has 1 aromatic heterocycles. The highest BCUT2D eigenvalue weighted by Crippen LogP contribution is 2.37. The fraction of sp³-hybridized carbons (Fsp3) is 0.414. The molecule has 0 saturated heterocycles. The van der Waals surface area contributed by atoms with E-state index in [1.807, 2.05) is 31.3 Å². The first-order valence-electron chi connectivity index (χ1n) is 12.9. The summed E-state index contributed by atoms with van der Waals surface area (Å²) in [6.45, 7) is 10.6. The first-order valence-corrected chi connectivity index (χ1v) is 12.9. The van der Waals surface area contributed by atoms with Gasteiger partial charge in [-0.2, -0.15) is 0 Å². The molecule has 9 heteroatoms. The van der Waals surface area contributed by atoms with Crippen molar-refractivity contribution in [3.05, 3.63) is 81.4 Å². The van der Waals surface area contributed by atoms with E-state index in [1.54, 1.807) is 7.05 Å². The van der Waals surface area contributed by atoms with Gasteiger partial charge in [0, 0.05) is 49.2 Å². The molecule has 4 N–H and O–H groups in total. The molecule has 1 aliphatic rings. The molecule has 0 spiro atoms. The first-order chi connectivity index (χ1) is 18.1. The normalized spacial score (nSPS) is 14.3. The molecule has 0 aliphatic carbocycles. The summed E-state index contributed by atoms with van der Waals surface area (Å²) >= 11 is 0. The van der Waals surface area contributed by atoms with E-state index in [0.29, 0.717) is 11.4 Å². The number of fused-ring (bicyclic) bond motifs is 1. The van der Waals surface area contributed by atoms with Crippen molar-refractivity contribution in [1.29, 1.82) is 0 Å². The number of anilines is 2. The van der Waals surface area contributed by atoms with Gasteiger partial charge in [-0.1, -0.05) is 38.1 Å². The molecule has 0 fully saturated rings. The molecule has 0 bridgehead atoms. The fourth-order valence-corrected chi connectivity index (χ4v) is 5.13. The van der Waals surface area contributed by atoms with E-state index in [0.717, 1.165) is 65.4 Å². The van der Waals surface area contributed by atoms with Gasteiger partial charge in [-0.3, -0.25) is 9.84 Å². The van der Waals surface area contributed by atoms with E-state index in [4.69, 9.17) is 16.6 Å². The van der Waals surface area contributed by atoms with E-state index in [1.165, 1.54) is 10.6 Å². The Morgan fingerprint density at radius 2 is 2.00 bits per heavy atom. The molecule has 1 atom stereocenters. The highest BCUT2D eigenvalue weighted by Gasteiger charge is 2.25. The standard InChI is InChI=1S/C29H37FN6O2/c1-17(2)29-33-14-21-10-11-36(16-25(21)34-29)15-22-12-20(7-6-18(22)3)24(13-27(37)38-30)23-8-9-26(35(5)32)28(31)19(23)4/h6-9,12,14,17,24H,10-11,13,15-16,31-32H2,1-5H3. The molecule has 1 unspecified atom stereocenters. The average Bonchev–Trinajstić information content (AvgIpc) is 2.89. The lowest BCUT2D eigenvalue weighted by Crippen LogP contribution is -2.31. The van der Waals surface area contributed by atoms with Crippen molar-refractivity contribution >= 4 is 17.3 Å². The number of aryl methyl sites for hydroxylation is 1. The summed E-state index contributed by atoms with van der Waals surface area (Å²) in [6.07, 6.45) is 2.72. The predicted molar refractivity (Wildman–Crippen MR) is 147 cm³/mol. The number of benzene rings is 2. The third-order valence-corrected chi connectivity index (χ3v) is 7.48. The van der Waals surface area contributed by atoms with Crippen molar-refractivity contribution in [3.63, 3.8) is 0 Å². The second kappa shape index (κ2) is 11.4. The van der Waals surface area contributed by atoms with E-state index in [9.17, 15) is 9.32 Å². The van der Waals surface area contributed by atoms with Gasteiger partial charge in [0.2, 0.25) is 0 Å². The largest absolute Gasteiger partial charge is 0.397 e.